The lowest BCUT2D eigenvalue weighted by atomic mass is 9.72. The van der Waals surface area contributed by atoms with Gasteiger partial charge < -0.3 is 19.2 Å². The van der Waals surface area contributed by atoms with Crippen LogP contribution in [-0.4, -0.2) is 19.2 Å². The SMILES string of the molecule is COc1cc(C=Nc2sc3c(c2C(=O)NCc2ccco2)CC[C@@H](C(C)(C)C)C3)cc(Br)c1OCc1ccccc1. The smallest absolute Gasteiger partial charge is 0.255 e. The highest BCUT2D eigenvalue weighted by Gasteiger charge is 2.33. The van der Waals surface area contributed by atoms with Crippen LogP contribution >= 0.6 is 27.3 Å². The van der Waals surface area contributed by atoms with E-state index in [1.165, 1.54) is 4.88 Å². The maximum Gasteiger partial charge on any atom is 0.255 e. The average Bonchev–Trinajstić information content (AvgIpc) is 3.61. The first-order valence-electron chi connectivity index (χ1n) is 13.8. The van der Waals surface area contributed by atoms with Crippen LogP contribution in [0.3, 0.4) is 0 Å². The van der Waals surface area contributed by atoms with Gasteiger partial charge in [-0.2, -0.15) is 0 Å². The zero-order chi connectivity index (χ0) is 29.0. The van der Waals surface area contributed by atoms with Gasteiger partial charge in [0.15, 0.2) is 11.5 Å². The number of carbonyl (C=O) groups excluding carboxylic acids is 1. The second-order valence-electron chi connectivity index (χ2n) is 11.3. The molecule has 0 bridgehead atoms. The Labute approximate surface area is 253 Å². The lowest BCUT2D eigenvalue weighted by Gasteiger charge is -2.33. The van der Waals surface area contributed by atoms with Crippen molar-refractivity contribution in [2.24, 2.45) is 16.3 Å². The molecule has 8 heteroatoms. The van der Waals surface area contributed by atoms with Crippen LogP contribution in [0.15, 0.2) is 74.7 Å². The molecule has 214 valence electrons. The Morgan fingerprint density at radius 1 is 1.20 bits per heavy atom. The summed E-state index contributed by atoms with van der Waals surface area (Å²) < 4.78 is 17.9. The van der Waals surface area contributed by atoms with Crippen molar-refractivity contribution >= 4 is 44.4 Å². The summed E-state index contributed by atoms with van der Waals surface area (Å²) in [5.41, 5.74) is 3.92. The number of ether oxygens (including phenoxy) is 2. The van der Waals surface area contributed by atoms with Gasteiger partial charge in [-0.1, -0.05) is 51.1 Å². The van der Waals surface area contributed by atoms with Crippen LogP contribution in [0.4, 0.5) is 5.00 Å². The third-order valence-electron chi connectivity index (χ3n) is 7.51. The number of carbonyl (C=O) groups is 1. The van der Waals surface area contributed by atoms with Gasteiger partial charge in [-0.05, 0) is 87.5 Å². The molecule has 0 fully saturated rings. The Kier molecular flexibility index (Phi) is 9.00. The van der Waals surface area contributed by atoms with Crippen molar-refractivity contribution in [3.63, 3.8) is 0 Å². The monoisotopic (exact) mass is 634 g/mol. The fourth-order valence-electron chi connectivity index (χ4n) is 5.12. The zero-order valence-corrected chi connectivity index (χ0v) is 26.2. The molecule has 1 aliphatic rings. The van der Waals surface area contributed by atoms with Gasteiger partial charge >= 0.3 is 0 Å². The molecule has 4 aromatic rings. The van der Waals surface area contributed by atoms with E-state index in [-0.39, 0.29) is 11.3 Å². The van der Waals surface area contributed by atoms with E-state index in [1.54, 1.807) is 30.9 Å². The molecule has 5 rings (SSSR count). The number of furan rings is 1. The topological polar surface area (TPSA) is 73.1 Å². The molecule has 6 nitrogen and oxygen atoms in total. The van der Waals surface area contributed by atoms with Crippen molar-refractivity contribution in [3.8, 4) is 11.5 Å². The van der Waals surface area contributed by atoms with E-state index in [4.69, 9.17) is 18.9 Å². The zero-order valence-electron chi connectivity index (χ0n) is 23.8. The molecule has 1 amide bonds. The number of hydrogen-bond acceptors (Lipinski definition) is 6. The standard InChI is InChI=1S/C33H35BrN2O4S/c1-33(2,3)23-12-13-25-28(17-23)41-32(29(25)31(37)35-19-24-11-8-14-39-24)36-18-22-15-26(34)30(27(16-22)38-4)40-20-21-9-6-5-7-10-21/h5-11,14-16,18,23H,12-13,17,19-20H2,1-4H3,(H,35,37)/t23-/m1/s1. The summed E-state index contributed by atoms with van der Waals surface area (Å²) in [7, 11) is 1.62. The van der Waals surface area contributed by atoms with Gasteiger partial charge in [0.1, 0.15) is 17.4 Å². The van der Waals surface area contributed by atoms with Crippen molar-refractivity contribution in [2.45, 2.75) is 53.2 Å². The number of halogens is 1. The second kappa shape index (κ2) is 12.7. The molecule has 0 unspecified atom stereocenters. The summed E-state index contributed by atoms with van der Waals surface area (Å²) in [6, 6.07) is 17.5. The number of fused-ring (bicyclic) bond motifs is 1. The van der Waals surface area contributed by atoms with Gasteiger partial charge in [0.25, 0.3) is 5.91 Å². The summed E-state index contributed by atoms with van der Waals surface area (Å²) in [5.74, 6) is 2.39. The number of amides is 1. The molecule has 1 atom stereocenters. The Bertz CT molecular complexity index is 1520. The van der Waals surface area contributed by atoms with Crippen LogP contribution in [0.25, 0.3) is 0 Å². The molecular weight excluding hydrogens is 600 g/mol. The van der Waals surface area contributed by atoms with Crippen LogP contribution in [0.2, 0.25) is 0 Å². The van der Waals surface area contributed by atoms with Gasteiger partial charge in [-0.25, -0.2) is 4.99 Å². The first-order chi connectivity index (χ1) is 19.7. The predicted molar refractivity (Wildman–Crippen MR) is 168 cm³/mol. The number of aliphatic imine (C=N–C) groups is 1. The molecule has 0 aliphatic heterocycles. The molecule has 2 aromatic carbocycles. The molecular formula is C33H35BrN2O4S. The van der Waals surface area contributed by atoms with Gasteiger partial charge in [-0.3, -0.25) is 4.79 Å². The van der Waals surface area contributed by atoms with E-state index in [1.807, 2.05) is 54.6 Å². The number of hydrogen-bond donors (Lipinski definition) is 1. The van der Waals surface area contributed by atoms with Gasteiger partial charge in [-0.15, -0.1) is 11.3 Å². The summed E-state index contributed by atoms with van der Waals surface area (Å²) in [4.78, 5) is 19.6. The third-order valence-corrected chi connectivity index (χ3v) is 9.26. The molecule has 2 heterocycles. The van der Waals surface area contributed by atoms with Crippen molar-refractivity contribution in [1.82, 2.24) is 5.32 Å². The highest BCUT2D eigenvalue weighted by atomic mass is 79.9. The predicted octanol–water partition coefficient (Wildman–Crippen LogP) is 8.52. The quantitative estimate of drug-likeness (QED) is 0.187. The highest BCUT2D eigenvalue weighted by molar-refractivity contribution is 9.10. The molecule has 0 saturated heterocycles. The Hall–Kier alpha value is -3.36. The second-order valence-corrected chi connectivity index (χ2v) is 13.3. The minimum atomic E-state index is -0.122. The Balaban J connectivity index is 1.42. The lowest BCUT2D eigenvalue weighted by Crippen LogP contribution is -2.28. The molecule has 41 heavy (non-hydrogen) atoms. The Morgan fingerprint density at radius 2 is 2.00 bits per heavy atom. The Morgan fingerprint density at radius 3 is 2.71 bits per heavy atom. The first-order valence-corrected chi connectivity index (χ1v) is 15.4. The maximum absolute atomic E-state index is 13.5. The number of benzene rings is 2. The fraction of sp³-hybridized carbons (Fsp3) is 0.333. The van der Waals surface area contributed by atoms with E-state index >= 15 is 0 Å². The molecule has 0 saturated carbocycles. The van der Waals surface area contributed by atoms with E-state index in [0.717, 1.165) is 45.4 Å². The third kappa shape index (κ3) is 6.93. The van der Waals surface area contributed by atoms with Gasteiger partial charge in [0.2, 0.25) is 0 Å². The summed E-state index contributed by atoms with van der Waals surface area (Å²) >= 11 is 5.28. The number of rotatable bonds is 9. The molecule has 2 aromatic heterocycles. The molecule has 1 aliphatic carbocycles. The number of methoxy groups -OCH3 is 1. The van der Waals surface area contributed by atoms with Crippen molar-refractivity contribution in [1.29, 1.82) is 0 Å². The van der Waals surface area contributed by atoms with Crippen LogP contribution in [0.5, 0.6) is 11.5 Å². The van der Waals surface area contributed by atoms with Crippen molar-refractivity contribution < 1.29 is 18.7 Å². The van der Waals surface area contributed by atoms with Crippen LogP contribution in [-0.2, 0) is 26.0 Å². The summed E-state index contributed by atoms with van der Waals surface area (Å²) in [5, 5.41) is 3.76. The lowest BCUT2D eigenvalue weighted by molar-refractivity contribution is 0.0947. The first kappa shape index (κ1) is 29.1. The van der Waals surface area contributed by atoms with Crippen LogP contribution in [0.1, 0.15) is 64.9 Å². The molecule has 0 spiro atoms. The van der Waals surface area contributed by atoms with E-state index < -0.39 is 0 Å². The van der Waals surface area contributed by atoms with E-state index in [0.29, 0.717) is 41.9 Å². The fourth-order valence-corrected chi connectivity index (χ4v) is 6.96. The largest absolute Gasteiger partial charge is 0.493 e. The number of nitrogens with zero attached hydrogens (tertiary/aromatic N) is 1. The molecule has 1 N–H and O–H groups in total. The van der Waals surface area contributed by atoms with Crippen LogP contribution in [0, 0.1) is 11.3 Å². The number of nitrogens with one attached hydrogen (secondary N) is 1. The van der Waals surface area contributed by atoms with Crippen molar-refractivity contribution in [2.75, 3.05) is 7.11 Å². The summed E-state index contributed by atoms with van der Waals surface area (Å²) in [6.07, 6.45) is 6.30. The average molecular weight is 636 g/mol. The van der Waals surface area contributed by atoms with E-state index in [9.17, 15) is 4.79 Å². The number of thiophene rings is 1. The minimum absolute atomic E-state index is 0.122. The minimum Gasteiger partial charge on any atom is -0.493 e. The van der Waals surface area contributed by atoms with Gasteiger partial charge in [0, 0.05) is 11.1 Å². The normalized spacial score (nSPS) is 15.1. The van der Waals surface area contributed by atoms with Crippen LogP contribution < -0.4 is 14.8 Å². The molecule has 0 radical (unpaired) electrons. The van der Waals surface area contributed by atoms with E-state index in [2.05, 4.69) is 42.0 Å². The van der Waals surface area contributed by atoms with Gasteiger partial charge in [0.05, 0.1) is 30.0 Å². The summed E-state index contributed by atoms with van der Waals surface area (Å²) in [6.45, 7) is 7.65. The van der Waals surface area contributed by atoms with Crippen molar-refractivity contribution in [3.05, 3.63) is 98.2 Å². The highest BCUT2D eigenvalue weighted by Crippen LogP contribution is 2.45. The maximum atomic E-state index is 13.5.